The number of carbonyl (C=O) groups is 1. The van der Waals surface area contributed by atoms with Gasteiger partial charge >= 0.3 is 0 Å². The first-order chi connectivity index (χ1) is 10.5. The zero-order valence-electron chi connectivity index (χ0n) is 11.3. The summed E-state index contributed by atoms with van der Waals surface area (Å²) in [6, 6.07) is 7.21. The SMILES string of the molecule is Nc1nc(C(F)F)nc(N2CC(=O)Nc3ccccc3C2)n1. The van der Waals surface area contributed by atoms with E-state index in [1.54, 1.807) is 12.1 Å². The molecule has 1 aromatic heterocycles. The number of amides is 1. The number of nitrogen functional groups attached to an aromatic ring is 1. The summed E-state index contributed by atoms with van der Waals surface area (Å²) in [7, 11) is 0. The van der Waals surface area contributed by atoms with Crippen LogP contribution in [-0.2, 0) is 11.3 Å². The van der Waals surface area contributed by atoms with Gasteiger partial charge in [0, 0.05) is 12.2 Å². The van der Waals surface area contributed by atoms with Crippen molar-refractivity contribution >= 4 is 23.5 Å². The molecule has 1 amide bonds. The largest absolute Gasteiger partial charge is 0.368 e. The lowest BCUT2D eigenvalue weighted by Crippen LogP contribution is -2.31. The lowest BCUT2D eigenvalue weighted by molar-refractivity contribution is -0.114. The summed E-state index contributed by atoms with van der Waals surface area (Å²) in [6.45, 7) is 0.224. The molecule has 2 heterocycles. The van der Waals surface area contributed by atoms with Crippen molar-refractivity contribution in [1.29, 1.82) is 0 Å². The van der Waals surface area contributed by atoms with Crippen LogP contribution in [0.4, 0.5) is 26.4 Å². The monoisotopic (exact) mass is 306 g/mol. The first-order valence-electron chi connectivity index (χ1n) is 6.45. The van der Waals surface area contributed by atoms with Gasteiger partial charge < -0.3 is 16.0 Å². The predicted molar refractivity (Wildman–Crippen MR) is 75.3 cm³/mol. The van der Waals surface area contributed by atoms with Crippen LogP contribution in [0.1, 0.15) is 17.8 Å². The number of benzene rings is 1. The maximum absolute atomic E-state index is 12.8. The topological polar surface area (TPSA) is 97.0 Å². The van der Waals surface area contributed by atoms with Crippen LogP contribution in [-0.4, -0.2) is 27.4 Å². The molecule has 0 fully saturated rings. The van der Waals surface area contributed by atoms with Gasteiger partial charge in [-0.3, -0.25) is 4.79 Å². The highest BCUT2D eigenvalue weighted by atomic mass is 19.3. The molecule has 1 aliphatic rings. The fraction of sp³-hybridized carbons (Fsp3) is 0.231. The van der Waals surface area contributed by atoms with Crippen molar-refractivity contribution in [2.45, 2.75) is 13.0 Å². The molecule has 1 aliphatic heterocycles. The number of hydrogen-bond acceptors (Lipinski definition) is 6. The number of nitrogens with two attached hydrogens (primary N) is 1. The van der Waals surface area contributed by atoms with E-state index < -0.39 is 12.2 Å². The highest BCUT2D eigenvalue weighted by Gasteiger charge is 2.23. The van der Waals surface area contributed by atoms with Gasteiger partial charge in [-0.2, -0.15) is 15.0 Å². The van der Waals surface area contributed by atoms with Crippen molar-refractivity contribution in [3.05, 3.63) is 35.7 Å². The van der Waals surface area contributed by atoms with Gasteiger partial charge in [-0.15, -0.1) is 0 Å². The predicted octanol–water partition coefficient (Wildman–Crippen LogP) is 1.35. The molecule has 0 saturated carbocycles. The Morgan fingerprint density at radius 2 is 1.95 bits per heavy atom. The molecule has 1 aromatic carbocycles. The quantitative estimate of drug-likeness (QED) is 0.869. The molecule has 0 aliphatic carbocycles. The minimum Gasteiger partial charge on any atom is -0.368 e. The van der Waals surface area contributed by atoms with E-state index in [0.717, 1.165) is 5.56 Å². The summed E-state index contributed by atoms with van der Waals surface area (Å²) in [5.41, 5.74) is 6.95. The van der Waals surface area contributed by atoms with E-state index in [1.807, 2.05) is 12.1 Å². The van der Waals surface area contributed by atoms with Gasteiger partial charge in [0.15, 0.2) is 0 Å². The van der Waals surface area contributed by atoms with E-state index in [0.29, 0.717) is 12.2 Å². The van der Waals surface area contributed by atoms with Crippen molar-refractivity contribution in [3.63, 3.8) is 0 Å². The molecular formula is C13H12F2N6O. The first kappa shape index (κ1) is 14.1. The molecule has 3 rings (SSSR count). The number of alkyl halides is 2. The lowest BCUT2D eigenvalue weighted by Gasteiger charge is -2.19. The summed E-state index contributed by atoms with van der Waals surface area (Å²) < 4.78 is 25.6. The number of halogens is 2. The summed E-state index contributed by atoms with van der Waals surface area (Å²) in [6.07, 6.45) is -2.86. The number of hydrogen-bond donors (Lipinski definition) is 2. The van der Waals surface area contributed by atoms with Gasteiger partial charge in [0.25, 0.3) is 6.43 Å². The molecule has 9 heteroatoms. The number of carbonyl (C=O) groups excluding carboxylic acids is 1. The molecule has 2 aromatic rings. The summed E-state index contributed by atoms with van der Waals surface area (Å²) in [5.74, 6) is -1.35. The number of para-hydroxylation sites is 1. The Balaban J connectivity index is 1.99. The molecule has 0 spiro atoms. The Morgan fingerprint density at radius 1 is 1.18 bits per heavy atom. The number of rotatable bonds is 2. The van der Waals surface area contributed by atoms with E-state index in [9.17, 15) is 13.6 Å². The Labute approximate surface area is 124 Å². The van der Waals surface area contributed by atoms with Crippen LogP contribution in [0.15, 0.2) is 24.3 Å². The smallest absolute Gasteiger partial charge is 0.297 e. The van der Waals surface area contributed by atoms with Crippen LogP contribution in [0.5, 0.6) is 0 Å². The standard InChI is InChI=1S/C13H12F2N6O/c14-10(15)11-18-12(16)20-13(19-11)21-5-7-3-1-2-4-8(7)17-9(22)6-21/h1-4,10H,5-6H2,(H,17,22)(H2,16,18,19,20). The lowest BCUT2D eigenvalue weighted by atomic mass is 10.2. The molecule has 22 heavy (non-hydrogen) atoms. The molecule has 0 saturated heterocycles. The van der Waals surface area contributed by atoms with Crippen LogP contribution in [0.3, 0.4) is 0 Å². The number of aromatic nitrogens is 3. The van der Waals surface area contributed by atoms with Gasteiger partial charge in [0.05, 0.1) is 0 Å². The van der Waals surface area contributed by atoms with Crippen LogP contribution in [0, 0.1) is 0 Å². The third-order valence-corrected chi connectivity index (χ3v) is 3.12. The average molecular weight is 306 g/mol. The van der Waals surface area contributed by atoms with Crippen molar-refractivity contribution < 1.29 is 13.6 Å². The average Bonchev–Trinajstić information content (AvgIpc) is 2.64. The number of fused-ring (bicyclic) bond motifs is 1. The first-order valence-corrected chi connectivity index (χ1v) is 6.45. The third-order valence-electron chi connectivity index (χ3n) is 3.12. The fourth-order valence-electron chi connectivity index (χ4n) is 2.18. The Bertz CT molecular complexity index is 723. The van der Waals surface area contributed by atoms with E-state index in [-0.39, 0.29) is 24.3 Å². The minimum absolute atomic E-state index is 0.0466. The number of nitrogens with one attached hydrogen (secondary N) is 1. The zero-order valence-corrected chi connectivity index (χ0v) is 11.3. The molecule has 0 radical (unpaired) electrons. The van der Waals surface area contributed by atoms with E-state index in [1.165, 1.54) is 4.90 Å². The van der Waals surface area contributed by atoms with Gasteiger partial charge in [0.1, 0.15) is 6.54 Å². The normalized spacial score (nSPS) is 14.5. The van der Waals surface area contributed by atoms with Crippen LogP contribution >= 0.6 is 0 Å². The van der Waals surface area contributed by atoms with Crippen molar-refractivity contribution in [2.24, 2.45) is 0 Å². The molecule has 0 unspecified atom stereocenters. The van der Waals surface area contributed by atoms with E-state index in [4.69, 9.17) is 5.73 Å². The second kappa shape index (κ2) is 5.51. The Morgan fingerprint density at radius 3 is 2.73 bits per heavy atom. The van der Waals surface area contributed by atoms with Crippen LogP contribution in [0.25, 0.3) is 0 Å². The second-order valence-corrected chi connectivity index (χ2v) is 4.71. The van der Waals surface area contributed by atoms with Crippen molar-refractivity contribution in [3.8, 4) is 0 Å². The van der Waals surface area contributed by atoms with Gasteiger partial charge in [-0.05, 0) is 11.6 Å². The zero-order chi connectivity index (χ0) is 15.7. The minimum atomic E-state index is -2.86. The molecule has 3 N–H and O–H groups in total. The third kappa shape index (κ3) is 2.78. The van der Waals surface area contributed by atoms with Gasteiger partial charge in [-0.1, -0.05) is 18.2 Å². The second-order valence-electron chi connectivity index (χ2n) is 4.71. The fourth-order valence-corrected chi connectivity index (χ4v) is 2.18. The molecular weight excluding hydrogens is 294 g/mol. The van der Waals surface area contributed by atoms with Crippen LogP contribution < -0.4 is 16.0 Å². The van der Waals surface area contributed by atoms with E-state index in [2.05, 4.69) is 20.3 Å². The maximum Gasteiger partial charge on any atom is 0.297 e. The maximum atomic E-state index is 12.8. The summed E-state index contributed by atoms with van der Waals surface area (Å²) in [5, 5.41) is 2.74. The van der Waals surface area contributed by atoms with Gasteiger partial charge in [0.2, 0.25) is 23.6 Å². The summed E-state index contributed by atoms with van der Waals surface area (Å²) in [4.78, 5) is 24.4. The Kier molecular flexibility index (Phi) is 3.53. The van der Waals surface area contributed by atoms with E-state index >= 15 is 0 Å². The van der Waals surface area contributed by atoms with Crippen LogP contribution in [0.2, 0.25) is 0 Å². The molecule has 0 bridgehead atoms. The number of anilines is 3. The Hall–Kier alpha value is -2.84. The van der Waals surface area contributed by atoms with Crippen molar-refractivity contribution in [2.75, 3.05) is 22.5 Å². The summed E-state index contributed by atoms with van der Waals surface area (Å²) >= 11 is 0. The molecule has 114 valence electrons. The highest BCUT2D eigenvalue weighted by molar-refractivity contribution is 5.95. The molecule has 7 nitrogen and oxygen atoms in total. The number of nitrogens with zero attached hydrogens (tertiary/aromatic N) is 4. The molecule has 0 atom stereocenters. The van der Waals surface area contributed by atoms with Crippen molar-refractivity contribution in [1.82, 2.24) is 15.0 Å². The highest BCUT2D eigenvalue weighted by Crippen LogP contribution is 2.24. The van der Waals surface area contributed by atoms with Gasteiger partial charge in [-0.25, -0.2) is 8.78 Å².